The molecule has 344 valence electrons. The minimum absolute atomic E-state index is 0. The Kier molecular flexibility index (Phi) is 109. The molecule has 0 aliphatic rings. The maximum Gasteiger partial charge on any atom is 0.306 e. The number of terminal acetylenes is 1. The summed E-state index contributed by atoms with van der Waals surface area (Å²) in [6.07, 6.45) is 25.9. The van der Waals surface area contributed by atoms with Gasteiger partial charge in [-0.1, -0.05) is 128 Å². The van der Waals surface area contributed by atoms with Crippen molar-refractivity contribution in [1.82, 2.24) is 21.3 Å². The van der Waals surface area contributed by atoms with Crippen LogP contribution in [0.2, 0.25) is 0 Å². The maximum absolute atomic E-state index is 10.3. The second-order valence-corrected chi connectivity index (χ2v) is 13.7. The summed E-state index contributed by atoms with van der Waals surface area (Å²) in [7, 11) is 6.75. The Morgan fingerprint density at radius 2 is 1.20 bits per heavy atom. The molecule has 0 aromatic heterocycles. The first-order chi connectivity index (χ1) is 25.9. The molecule has 56 heavy (non-hydrogen) atoms. The monoisotopic (exact) mass is 1050 g/mol. The van der Waals surface area contributed by atoms with Crippen molar-refractivity contribution < 1.29 is 33.5 Å². The Morgan fingerprint density at radius 1 is 0.750 bits per heavy atom. The first kappa shape index (κ1) is 76.6. The summed E-state index contributed by atoms with van der Waals surface area (Å²) < 4.78 is 4.37. The van der Waals surface area contributed by atoms with Gasteiger partial charge >= 0.3 is 5.97 Å². The molecule has 2 atom stereocenters. The Morgan fingerprint density at radius 3 is 1.38 bits per heavy atom. The Hall–Kier alpha value is -4.14. The first-order valence-corrected chi connectivity index (χ1v) is 20.0. The Balaban J connectivity index is -0.0000000541. The molecule has 0 bridgehead atoms. The smallest absolute Gasteiger partial charge is 0.306 e. The van der Waals surface area contributed by atoms with E-state index in [2.05, 4.69) is 88.9 Å². The van der Waals surface area contributed by atoms with Crippen LogP contribution in [0.5, 0.6) is 0 Å². The van der Waals surface area contributed by atoms with Crippen LogP contribution in [0, 0.1) is 36.5 Å². The summed E-state index contributed by atoms with van der Waals surface area (Å²) in [5, 5.41) is 10.3. The van der Waals surface area contributed by atoms with Gasteiger partial charge in [0.2, 0.25) is 6.41 Å². The van der Waals surface area contributed by atoms with Crippen LogP contribution >= 0.6 is 0 Å². The SMILES string of the molecule is C#C.CC(C)C=O.CC(C)CC(N)C=O.CCCCC.CCCCCCC(C)C.CNC(C)CC(C)C.CNC=O.CNCCC(=O)OC.O=[C-]NCC=O.[Fm]. The van der Waals surface area contributed by atoms with E-state index in [1.54, 1.807) is 14.1 Å². The van der Waals surface area contributed by atoms with Crippen molar-refractivity contribution in [2.75, 3.05) is 41.3 Å². The van der Waals surface area contributed by atoms with E-state index in [1.807, 2.05) is 40.1 Å². The fraction of sp³-hybridized carbons (Fsp3) is 0.814. The molecule has 0 rings (SSSR count). The molecule has 0 aromatic rings. The number of nitrogens with two attached hydrogens (primary N) is 1. The van der Waals surface area contributed by atoms with Gasteiger partial charge in [-0.05, 0) is 51.6 Å². The predicted molar refractivity (Wildman–Crippen MR) is 237 cm³/mol. The zero-order valence-electron chi connectivity index (χ0n) is 38.8. The number of hydrogen-bond donors (Lipinski definition) is 5. The zero-order chi connectivity index (χ0) is 45.3. The molecule has 0 aromatic carbocycles. The molecule has 2 unspecified atom stereocenters. The van der Waals surface area contributed by atoms with Gasteiger partial charge in [0.25, 0.3) is 0 Å². The van der Waals surface area contributed by atoms with Crippen LogP contribution in [0.25, 0.3) is 0 Å². The van der Waals surface area contributed by atoms with E-state index < -0.39 is 0 Å². The summed E-state index contributed by atoms with van der Waals surface area (Å²) in [6.45, 7) is 26.5. The molecule has 0 saturated carbocycles. The van der Waals surface area contributed by atoms with Crippen LogP contribution in [0.3, 0.4) is 0 Å². The summed E-state index contributed by atoms with van der Waals surface area (Å²) in [5.74, 6) is 2.28. The number of carbonyl (C=O) groups is 5. The minimum Gasteiger partial charge on any atom is -0.524 e. The van der Waals surface area contributed by atoms with Gasteiger partial charge < -0.3 is 50.9 Å². The van der Waals surface area contributed by atoms with Gasteiger partial charge in [-0.25, -0.2) is 0 Å². The van der Waals surface area contributed by atoms with Gasteiger partial charge in [0, 0.05) is 32.1 Å². The number of hydrogen-bond acceptors (Lipinski definition) is 10. The van der Waals surface area contributed by atoms with Gasteiger partial charge in [-0.3, -0.25) is 9.59 Å². The number of aldehydes is 3. The van der Waals surface area contributed by atoms with Crippen molar-refractivity contribution >= 4 is 37.6 Å². The normalized spacial score (nSPS) is 9.70. The molecule has 6 N–H and O–H groups in total. The molecule has 0 fully saturated rings. The number of rotatable bonds is 21. The molecule has 0 aliphatic carbocycles. The maximum atomic E-state index is 10.3. The fourth-order valence-corrected chi connectivity index (χ4v) is 3.17. The largest absolute Gasteiger partial charge is 0.524 e. The summed E-state index contributed by atoms with van der Waals surface area (Å²) in [5.41, 5.74) is 5.31. The Labute approximate surface area is 341 Å². The molecule has 2 amide bonds. The van der Waals surface area contributed by atoms with E-state index >= 15 is 0 Å². The molecule has 13 heteroatoms. The van der Waals surface area contributed by atoms with Crippen LogP contribution in [0.15, 0.2) is 0 Å². The molecule has 0 saturated heterocycles. The average molecular weight is 1050 g/mol. The van der Waals surface area contributed by atoms with Gasteiger partial charge in [-0.2, -0.15) is 6.41 Å². The molecule has 12 nitrogen and oxygen atoms in total. The van der Waals surface area contributed by atoms with Gasteiger partial charge in [-0.15, -0.1) is 12.8 Å². The number of amides is 2. The minimum atomic E-state index is -0.255. The third-order valence-electron chi connectivity index (χ3n) is 6.03. The van der Waals surface area contributed by atoms with Gasteiger partial charge in [0.1, 0.15) is 18.9 Å². The zero-order valence-corrected chi connectivity index (χ0v) is 41.2. The van der Waals surface area contributed by atoms with Crippen molar-refractivity contribution in [2.24, 2.45) is 29.4 Å². The third kappa shape index (κ3) is 153. The summed E-state index contributed by atoms with van der Waals surface area (Å²) in [6, 6.07) is 0.421. The number of nitrogens with one attached hydrogen (secondary N) is 4. The number of carbonyl (C=O) groups excluding carboxylic acids is 6. The van der Waals surface area contributed by atoms with E-state index in [1.165, 1.54) is 71.3 Å². The van der Waals surface area contributed by atoms with E-state index in [-0.39, 0.29) is 24.5 Å². The van der Waals surface area contributed by atoms with Crippen molar-refractivity contribution in [2.45, 2.75) is 166 Å². The van der Waals surface area contributed by atoms with E-state index in [0.717, 1.165) is 30.8 Å². The second kappa shape index (κ2) is 79.6. The van der Waals surface area contributed by atoms with Crippen LogP contribution in [-0.2, 0) is 33.5 Å². The quantitative estimate of drug-likeness (QED) is 0.0199. The van der Waals surface area contributed by atoms with Gasteiger partial charge in [0.05, 0.1) is 19.6 Å². The predicted octanol–water partition coefficient (Wildman–Crippen LogP) is 7.07. The van der Waals surface area contributed by atoms with Crippen molar-refractivity contribution in [3.63, 3.8) is 0 Å². The number of esters is 1. The van der Waals surface area contributed by atoms with E-state index in [4.69, 9.17) is 15.3 Å². The number of methoxy groups -OCH3 is 1. The average Bonchev–Trinajstić information content (AvgIpc) is 3.16. The van der Waals surface area contributed by atoms with Crippen molar-refractivity contribution in [3.05, 3.63) is 0 Å². The fourth-order valence-electron chi connectivity index (χ4n) is 3.17. The van der Waals surface area contributed by atoms with Crippen LogP contribution in [-0.4, -0.2) is 91.1 Å². The topological polar surface area (TPSA) is 186 Å². The Bertz CT molecular complexity index is 733. The van der Waals surface area contributed by atoms with Crippen molar-refractivity contribution in [3.8, 4) is 12.8 Å². The van der Waals surface area contributed by atoms with Crippen molar-refractivity contribution in [1.29, 1.82) is 0 Å². The third-order valence-corrected chi connectivity index (χ3v) is 6.03. The van der Waals surface area contributed by atoms with Gasteiger partial charge in [0.15, 0.2) is 0 Å². The molecule has 0 radical (unpaired) electrons. The molecular formula is C43H92FmN5O7-. The van der Waals surface area contributed by atoms with Crippen LogP contribution in [0.4, 0.5) is 0 Å². The molecular weight excluding hydrogens is 956 g/mol. The summed E-state index contributed by atoms with van der Waals surface area (Å²) in [4.78, 5) is 57.3. The molecule has 0 heterocycles. The summed E-state index contributed by atoms with van der Waals surface area (Å²) >= 11 is 0. The number of ether oxygens (including phenoxy) is 1. The van der Waals surface area contributed by atoms with E-state index in [9.17, 15) is 19.2 Å². The second-order valence-electron chi connectivity index (χ2n) is 13.7. The van der Waals surface area contributed by atoms with Crippen LogP contribution in [0.1, 0.15) is 154 Å². The van der Waals surface area contributed by atoms with Crippen LogP contribution < -0.4 is 27.0 Å². The van der Waals surface area contributed by atoms with E-state index in [0.29, 0.717) is 37.6 Å². The number of unbranched alkanes of at least 4 members (excludes halogenated alkanes) is 5. The standard InChI is InChI=1S/C9H20.C7H17N.C6H13NO.C5H11NO2.C5H12.C4H8O.C3H4NO2.C2H5NO.C2H2.Fm/c1-4-5-6-7-8-9(2)3;1-6(2)5-7(3)8-4;1-5(2)3-6(7)4-8;1-6-4-3-5(7)8-2;1-3-5-4-2;1-4(2)3-5;5-2-1-4-3-6;1-3-2-4;1-2;/h9H,4-8H2,1-3H3;6-8H,5H2,1-4H3;4-6H,3,7H2,1-2H3;6H,3-4H2,1-2H3;3-5H2,1-2H3;3-4H,1-2H3;2H,1H2,(H,4,6);2H,1H3,(H,3,4);1-2H;/q;;;;;;-1;;;. The molecule has 0 spiro atoms. The first-order valence-electron chi connectivity index (χ1n) is 20.0. The molecule has 0 aliphatic heterocycles.